The van der Waals surface area contributed by atoms with E-state index in [-0.39, 0.29) is 0 Å². The molecule has 4 heteroatoms. The van der Waals surface area contributed by atoms with Crippen LogP contribution in [0.15, 0.2) is 24.4 Å². The molecule has 1 aromatic heterocycles. The van der Waals surface area contributed by atoms with E-state index < -0.39 is 0 Å². The molecule has 0 radical (unpaired) electrons. The fraction of sp³-hybridized carbons (Fsp3) is 0.333. The fourth-order valence-corrected chi connectivity index (χ4v) is 2.39. The molecule has 0 saturated carbocycles. The number of aryl methyl sites for hydroxylation is 2. The van der Waals surface area contributed by atoms with E-state index in [1.165, 1.54) is 11.1 Å². The van der Waals surface area contributed by atoms with Crippen LogP contribution in [0.4, 0.5) is 11.5 Å². The Balaban J connectivity index is 1.92. The summed E-state index contributed by atoms with van der Waals surface area (Å²) in [6.07, 6.45) is 2.85. The molecule has 98 valence electrons. The summed E-state index contributed by atoms with van der Waals surface area (Å²) >= 11 is 0. The predicted molar refractivity (Wildman–Crippen MR) is 76.6 cm³/mol. The maximum atomic E-state index is 4.53. The Morgan fingerprint density at radius 1 is 1.21 bits per heavy atom. The van der Waals surface area contributed by atoms with Gasteiger partial charge in [-0.2, -0.15) is 0 Å². The quantitative estimate of drug-likeness (QED) is 0.864. The summed E-state index contributed by atoms with van der Waals surface area (Å²) in [7, 11) is 0. The predicted octanol–water partition coefficient (Wildman–Crippen LogP) is 2.48. The summed E-state index contributed by atoms with van der Waals surface area (Å²) in [5.74, 6) is 0.815. The van der Waals surface area contributed by atoms with Crippen molar-refractivity contribution in [2.45, 2.75) is 26.8 Å². The molecule has 4 nitrogen and oxygen atoms in total. The summed E-state index contributed by atoms with van der Waals surface area (Å²) in [4.78, 5) is 8.88. The molecule has 1 aliphatic rings. The first kappa shape index (κ1) is 12.1. The number of anilines is 2. The van der Waals surface area contributed by atoms with Gasteiger partial charge in [-0.1, -0.05) is 12.1 Å². The Morgan fingerprint density at radius 2 is 2.11 bits per heavy atom. The zero-order chi connectivity index (χ0) is 13.2. The minimum Gasteiger partial charge on any atom is -0.339 e. The fourth-order valence-electron chi connectivity index (χ4n) is 2.39. The van der Waals surface area contributed by atoms with E-state index in [4.69, 9.17) is 0 Å². The number of hydrogen-bond acceptors (Lipinski definition) is 4. The molecule has 2 aromatic rings. The van der Waals surface area contributed by atoms with Crippen molar-refractivity contribution < 1.29 is 0 Å². The molecular weight excluding hydrogens is 236 g/mol. The zero-order valence-corrected chi connectivity index (χ0v) is 11.3. The van der Waals surface area contributed by atoms with Gasteiger partial charge in [0.25, 0.3) is 0 Å². The molecular formula is C15H18N4. The number of rotatable bonds is 2. The molecule has 0 amide bonds. The molecule has 0 unspecified atom stereocenters. The van der Waals surface area contributed by atoms with Crippen LogP contribution in [-0.2, 0) is 13.0 Å². The van der Waals surface area contributed by atoms with Crippen molar-refractivity contribution in [3.8, 4) is 0 Å². The highest BCUT2D eigenvalue weighted by Crippen LogP contribution is 2.25. The molecule has 2 N–H and O–H groups in total. The van der Waals surface area contributed by atoms with Crippen molar-refractivity contribution in [2.75, 3.05) is 11.9 Å². The molecule has 1 aromatic carbocycles. The van der Waals surface area contributed by atoms with Crippen molar-refractivity contribution in [1.29, 1.82) is 0 Å². The van der Waals surface area contributed by atoms with Crippen molar-refractivity contribution >= 4 is 11.5 Å². The van der Waals surface area contributed by atoms with E-state index in [2.05, 4.69) is 38.8 Å². The van der Waals surface area contributed by atoms with E-state index in [0.717, 1.165) is 42.4 Å². The Labute approximate surface area is 113 Å². The van der Waals surface area contributed by atoms with Crippen LogP contribution in [0, 0.1) is 13.8 Å². The summed E-state index contributed by atoms with van der Waals surface area (Å²) in [6, 6.07) is 6.38. The molecule has 0 spiro atoms. The molecule has 0 aliphatic carbocycles. The standard InChI is InChI=1S/C15H18N4/c1-10-11(2)18-15(9-17-10)19-14-5-3-4-12-8-16-7-6-13(12)14/h3-5,9,16H,6-8H2,1-2H3,(H,18,19). The number of hydrogen-bond donors (Lipinski definition) is 2. The van der Waals surface area contributed by atoms with Crippen molar-refractivity contribution in [3.05, 3.63) is 46.9 Å². The van der Waals surface area contributed by atoms with Gasteiger partial charge in [0.1, 0.15) is 5.82 Å². The van der Waals surface area contributed by atoms with Gasteiger partial charge >= 0.3 is 0 Å². The van der Waals surface area contributed by atoms with Crippen LogP contribution in [0.3, 0.4) is 0 Å². The molecule has 0 bridgehead atoms. The minimum atomic E-state index is 0.815. The van der Waals surface area contributed by atoms with Gasteiger partial charge in [0.15, 0.2) is 0 Å². The molecule has 3 rings (SSSR count). The van der Waals surface area contributed by atoms with Gasteiger partial charge in [-0.15, -0.1) is 0 Å². The molecule has 1 aliphatic heterocycles. The summed E-state index contributed by atoms with van der Waals surface area (Å²) in [6.45, 7) is 5.94. The second-order valence-electron chi connectivity index (χ2n) is 4.92. The number of aromatic nitrogens is 2. The number of benzene rings is 1. The van der Waals surface area contributed by atoms with E-state index in [9.17, 15) is 0 Å². The van der Waals surface area contributed by atoms with E-state index in [1.54, 1.807) is 6.20 Å². The van der Waals surface area contributed by atoms with Crippen LogP contribution in [0.2, 0.25) is 0 Å². The maximum absolute atomic E-state index is 4.53. The van der Waals surface area contributed by atoms with Gasteiger partial charge in [-0.05, 0) is 44.0 Å². The van der Waals surface area contributed by atoms with E-state index in [0.29, 0.717) is 0 Å². The van der Waals surface area contributed by atoms with Crippen LogP contribution >= 0.6 is 0 Å². The van der Waals surface area contributed by atoms with Crippen molar-refractivity contribution in [2.24, 2.45) is 0 Å². The minimum absolute atomic E-state index is 0.815. The summed E-state index contributed by atoms with van der Waals surface area (Å²) in [5.41, 5.74) is 5.85. The van der Waals surface area contributed by atoms with Crippen LogP contribution in [0.1, 0.15) is 22.5 Å². The second kappa shape index (κ2) is 4.97. The molecule has 0 saturated heterocycles. The van der Waals surface area contributed by atoms with E-state index in [1.807, 2.05) is 13.8 Å². The highest BCUT2D eigenvalue weighted by atomic mass is 15.0. The van der Waals surface area contributed by atoms with Crippen molar-refractivity contribution in [1.82, 2.24) is 15.3 Å². The highest BCUT2D eigenvalue weighted by Gasteiger charge is 2.12. The normalized spacial score (nSPS) is 14.0. The zero-order valence-electron chi connectivity index (χ0n) is 11.3. The van der Waals surface area contributed by atoms with Gasteiger partial charge in [-0.3, -0.25) is 4.98 Å². The average molecular weight is 254 g/mol. The van der Waals surface area contributed by atoms with Gasteiger partial charge in [0.2, 0.25) is 0 Å². The maximum Gasteiger partial charge on any atom is 0.149 e. The van der Waals surface area contributed by atoms with Gasteiger partial charge in [-0.25, -0.2) is 4.98 Å². The summed E-state index contributed by atoms with van der Waals surface area (Å²) in [5, 5.41) is 6.79. The Hall–Kier alpha value is -1.94. The van der Waals surface area contributed by atoms with Crippen LogP contribution in [0.5, 0.6) is 0 Å². The third kappa shape index (κ3) is 2.44. The lowest BCUT2D eigenvalue weighted by Crippen LogP contribution is -2.24. The van der Waals surface area contributed by atoms with Gasteiger partial charge < -0.3 is 10.6 Å². The smallest absolute Gasteiger partial charge is 0.149 e. The highest BCUT2D eigenvalue weighted by molar-refractivity contribution is 5.62. The first-order valence-corrected chi connectivity index (χ1v) is 6.63. The van der Waals surface area contributed by atoms with Crippen LogP contribution < -0.4 is 10.6 Å². The largest absolute Gasteiger partial charge is 0.339 e. The van der Waals surface area contributed by atoms with E-state index >= 15 is 0 Å². The molecule has 0 atom stereocenters. The SMILES string of the molecule is Cc1ncc(Nc2cccc3c2CCNC3)nc1C. The number of fused-ring (bicyclic) bond motifs is 1. The number of nitrogens with one attached hydrogen (secondary N) is 2. The summed E-state index contributed by atoms with van der Waals surface area (Å²) < 4.78 is 0. The van der Waals surface area contributed by atoms with Gasteiger partial charge in [0.05, 0.1) is 17.6 Å². The first-order valence-electron chi connectivity index (χ1n) is 6.63. The van der Waals surface area contributed by atoms with Gasteiger partial charge in [0, 0.05) is 12.2 Å². The first-order chi connectivity index (χ1) is 9.24. The third-order valence-corrected chi connectivity index (χ3v) is 3.60. The van der Waals surface area contributed by atoms with Crippen LogP contribution in [-0.4, -0.2) is 16.5 Å². The lowest BCUT2D eigenvalue weighted by atomic mass is 9.99. The van der Waals surface area contributed by atoms with Crippen LogP contribution in [0.25, 0.3) is 0 Å². The molecule has 19 heavy (non-hydrogen) atoms. The Kier molecular flexibility index (Phi) is 3.17. The average Bonchev–Trinajstić information content (AvgIpc) is 2.43. The Bertz CT molecular complexity index is 607. The lowest BCUT2D eigenvalue weighted by Gasteiger charge is -2.20. The monoisotopic (exact) mass is 254 g/mol. The molecule has 2 heterocycles. The topological polar surface area (TPSA) is 49.8 Å². The second-order valence-corrected chi connectivity index (χ2v) is 4.92. The molecule has 0 fully saturated rings. The third-order valence-electron chi connectivity index (χ3n) is 3.60. The Morgan fingerprint density at radius 3 is 2.95 bits per heavy atom. The number of nitrogens with zero attached hydrogens (tertiary/aromatic N) is 2. The lowest BCUT2D eigenvalue weighted by molar-refractivity contribution is 0.645. The van der Waals surface area contributed by atoms with Crippen molar-refractivity contribution in [3.63, 3.8) is 0 Å².